The highest BCUT2D eigenvalue weighted by Gasteiger charge is 2.23. The topological polar surface area (TPSA) is 98.8 Å². The number of hydrogen-bond acceptors (Lipinski definition) is 5. The van der Waals surface area contributed by atoms with Gasteiger partial charge < -0.3 is 20.6 Å². The molecule has 1 atom stereocenters. The first kappa shape index (κ1) is 21.5. The van der Waals surface area contributed by atoms with Crippen molar-refractivity contribution in [3.8, 4) is 0 Å². The molecule has 0 aliphatic carbocycles. The lowest BCUT2D eigenvalue weighted by molar-refractivity contribution is 0.0512. The smallest absolute Gasteiger partial charge is 0.408 e. The molecule has 1 aromatic heterocycles. The summed E-state index contributed by atoms with van der Waals surface area (Å²) in [6.07, 6.45) is 1.83. The number of carbonyl (C=O) groups is 1. The van der Waals surface area contributed by atoms with Gasteiger partial charge in [-0.15, -0.1) is 0 Å². The van der Waals surface area contributed by atoms with Gasteiger partial charge in [0.2, 0.25) is 0 Å². The van der Waals surface area contributed by atoms with E-state index in [1.54, 1.807) is 6.20 Å². The summed E-state index contributed by atoms with van der Waals surface area (Å²) in [4.78, 5) is 22.0. The number of pyridine rings is 1. The number of nitrogens with zero attached hydrogens (tertiary/aromatic N) is 2. The Morgan fingerprint density at radius 1 is 1.25 bits per heavy atom. The molecule has 1 unspecified atom stereocenters. The Morgan fingerprint density at radius 2 is 1.96 bits per heavy atom. The highest BCUT2D eigenvalue weighted by molar-refractivity contribution is 5.88. The number of amides is 1. The number of carbonyl (C=O) groups excluding carboxylic acids is 1. The van der Waals surface area contributed by atoms with Gasteiger partial charge in [-0.3, -0.25) is 4.98 Å². The van der Waals surface area contributed by atoms with Crippen molar-refractivity contribution < 1.29 is 14.4 Å². The Kier molecular flexibility index (Phi) is 7.20. The van der Waals surface area contributed by atoms with E-state index in [-0.39, 0.29) is 12.4 Å². The fraction of sp³-hybridized carbons (Fsp3) is 0.476. The minimum Gasteiger partial charge on any atom is -0.444 e. The fourth-order valence-electron chi connectivity index (χ4n) is 2.70. The number of oxime groups is 1. The number of aromatic nitrogens is 1. The van der Waals surface area contributed by atoms with Crippen LogP contribution in [0.1, 0.15) is 46.6 Å². The van der Waals surface area contributed by atoms with E-state index < -0.39 is 17.7 Å². The van der Waals surface area contributed by atoms with E-state index in [2.05, 4.69) is 15.5 Å². The molecule has 0 saturated carbocycles. The third kappa shape index (κ3) is 6.72. The Bertz CT molecular complexity index is 823. The van der Waals surface area contributed by atoms with Gasteiger partial charge >= 0.3 is 6.09 Å². The predicted octanol–water partition coefficient (Wildman–Crippen LogP) is 3.96. The van der Waals surface area contributed by atoms with Crippen molar-refractivity contribution in [3.05, 3.63) is 42.1 Å². The van der Waals surface area contributed by atoms with Crippen molar-refractivity contribution in [2.24, 2.45) is 16.8 Å². The van der Waals surface area contributed by atoms with Crippen molar-refractivity contribution in [2.45, 2.75) is 59.3 Å². The van der Waals surface area contributed by atoms with Crippen LogP contribution in [-0.4, -0.2) is 28.6 Å². The second-order valence-electron chi connectivity index (χ2n) is 8.11. The normalized spacial score (nSPS) is 13.4. The number of ether oxygens (including phenoxy) is 1. The van der Waals surface area contributed by atoms with Crippen LogP contribution in [0.5, 0.6) is 0 Å². The van der Waals surface area contributed by atoms with Crippen LogP contribution in [0.25, 0.3) is 10.9 Å². The van der Waals surface area contributed by atoms with Gasteiger partial charge in [0, 0.05) is 17.1 Å². The summed E-state index contributed by atoms with van der Waals surface area (Å²) < 4.78 is 5.31. The average Bonchev–Trinajstić information content (AvgIpc) is 2.59. The summed E-state index contributed by atoms with van der Waals surface area (Å²) in [5.74, 6) is 0.503. The van der Waals surface area contributed by atoms with Gasteiger partial charge in [0.25, 0.3) is 0 Å². The molecule has 28 heavy (non-hydrogen) atoms. The lowest BCUT2D eigenvalue weighted by Gasteiger charge is -2.24. The molecule has 1 amide bonds. The minimum atomic E-state index is -0.587. The molecule has 2 rings (SSSR count). The molecule has 7 nitrogen and oxygen atoms in total. The molecule has 152 valence electrons. The summed E-state index contributed by atoms with van der Waals surface area (Å²) in [5, 5.41) is 7.83. The molecule has 0 spiro atoms. The fourth-order valence-corrected chi connectivity index (χ4v) is 2.70. The molecule has 2 aromatic rings. The summed E-state index contributed by atoms with van der Waals surface area (Å²) in [7, 11) is 0. The van der Waals surface area contributed by atoms with Crippen LogP contribution >= 0.6 is 0 Å². The van der Waals surface area contributed by atoms with E-state index in [1.807, 2.05) is 65.0 Å². The van der Waals surface area contributed by atoms with E-state index >= 15 is 0 Å². The first-order chi connectivity index (χ1) is 13.2. The summed E-state index contributed by atoms with van der Waals surface area (Å²) in [5.41, 5.74) is 7.28. The second kappa shape index (κ2) is 9.39. The number of hydrogen-bond donors (Lipinski definition) is 2. The van der Waals surface area contributed by atoms with E-state index in [1.165, 1.54) is 0 Å². The summed E-state index contributed by atoms with van der Waals surface area (Å²) >= 11 is 0. The van der Waals surface area contributed by atoms with Crippen LogP contribution in [0, 0.1) is 5.92 Å². The second-order valence-corrected chi connectivity index (χ2v) is 8.11. The van der Waals surface area contributed by atoms with Crippen molar-refractivity contribution >= 4 is 22.8 Å². The molecule has 3 N–H and O–H groups in total. The van der Waals surface area contributed by atoms with Crippen molar-refractivity contribution in [2.75, 3.05) is 0 Å². The molecule has 0 radical (unpaired) electrons. The molecule has 0 aliphatic heterocycles. The van der Waals surface area contributed by atoms with Crippen molar-refractivity contribution in [1.82, 2.24) is 10.3 Å². The molecule has 0 saturated heterocycles. The van der Waals surface area contributed by atoms with Crippen LogP contribution in [-0.2, 0) is 16.2 Å². The van der Waals surface area contributed by atoms with E-state index in [0.29, 0.717) is 12.3 Å². The minimum absolute atomic E-state index is 0.202. The van der Waals surface area contributed by atoms with Crippen LogP contribution < -0.4 is 11.1 Å². The molecular weight excluding hydrogens is 356 g/mol. The highest BCUT2D eigenvalue weighted by atomic mass is 16.6. The standard InChI is InChI=1S/C21H30N4O3/c1-14(2)12-17(24-20(26)28-21(3,4)5)19(22)25-27-13-16-9-6-8-15-10-7-11-23-18(15)16/h6-11,14,17H,12-13H2,1-5H3,(H2,22,25)(H,24,26). The van der Waals surface area contributed by atoms with Crippen LogP contribution in [0.2, 0.25) is 0 Å². The van der Waals surface area contributed by atoms with Crippen LogP contribution in [0.15, 0.2) is 41.7 Å². The van der Waals surface area contributed by atoms with Gasteiger partial charge in [-0.05, 0) is 39.2 Å². The maximum Gasteiger partial charge on any atom is 0.408 e. The molecule has 0 fully saturated rings. The number of nitrogens with one attached hydrogen (secondary N) is 1. The zero-order chi connectivity index (χ0) is 20.7. The monoisotopic (exact) mass is 386 g/mol. The van der Waals surface area contributed by atoms with E-state index in [0.717, 1.165) is 16.5 Å². The number of alkyl carbamates (subject to hydrolysis) is 1. The Hall–Kier alpha value is -2.83. The van der Waals surface area contributed by atoms with Crippen molar-refractivity contribution in [1.29, 1.82) is 0 Å². The lowest BCUT2D eigenvalue weighted by atomic mass is 10.0. The number of amidine groups is 1. The first-order valence-electron chi connectivity index (χ1n) is 9.43. The Balaban J connectivity index is 2.05. The lowest BCUT2D eigenvalue weighted by Crippen LogP contribution is -2.47. The number of rotatable bonds is 7. The first-order valence-corrected chi connectivity index (χ1v) is 9.43. The molecule has 1 aromatic carbocycles. The molecule has 0 bridgehead atoms. The van der Waals surface area contributed by atoms with Crippen LogP contribution in [0.4, 0.5) is 4.79 Å². The SMILES string of the molecule is CC(C)CC(NC(=O)OC(C)(C)C)/C(N)=N/OCc1cccc2cccnc12. The zero-order valence-electron chi connectivity index (χ0n) is 17.2. The zero-order valence-corrected chi connectivity index (χ0v) is 17.2. The Morgan fingerprint density at radius 3 is 2.64 bits per heavy atom. The Labute approximate surface area is 166 Å². The average molecular weight is 386 g/mol. The van der Waals surface area contributed by atoms with Gasteiger partial charge in [0.1, 0.15) is 12.2 Å². The largest absolute Gasteiger partial charge is 0.444 e. The van der Waals surface area contributed by atoms with Gasteiger partial charge in [-0.1, -0.05) is 43.3 Å². The number of nitrogens with two attached hydrogens (primary N) is 1. The molecule has 0 aliphatic rings. The number of benzene rings is 1. The summed E-state index contributed by atoms with van der Waals surface area (Å²) in [6, 6.07) is 9.29. The van der Waals surface area contributed by atoms with Gasteiger partial charge in [0.15, 0.2) is 5.84 Å². The number of para-hydroxylation sites is 1. The van der Waals surface area contributed by atoms with Gasteiger partial charge in [-0.25, -0.2) is 4.79 Å². The third-order valence-electron chi connectivity index (χ3n) is 3.86. The van der Waals surface area contributed by atoms with Crippen molar-refractivity contribution in [3.63, 3.8) is 0 Å². The molecule has 1 heterocycles. The number of fused-ring (bicyclic) bond motifs is 1. The van der Waals surface area contributed by atoms with Crippen LogP contribution in [0.3, 0.4) is 0 Å². The molecule has 7 heteroatoms. The third-order valence-corrected chi connectivity index (χ3v) is 3.86. The van der Waals surface area contributed by atoms with Gasteiger partial charge in [0.05, 0.1) is 11.6 Å². The predicted molar refractivity (Wildman–Crippen MR) is 111 cm³/mol. The highest BCUT2D eigenvalue weighted by Crippen LogP contribution is 2.17. The maximum absolute atomic E-state index is 12.1. The quantitative estimate of drug-likeness (QED) is 0.426. The van der Waals surface area contributed by atoms with E-state index in [9.17, 15) is 4.79 Å². The maximum atomic E-state index is 12.1. The van der Waals surface area contributed by atoms with Gasteiger partial charge in [-0.2, -0.15) is 0 Å². The summed E-state index contributed by atoms with van der Waals surface area (Å²) in [6.45, 7) is 9.74. The molecular formula is C21H30N4O3. The van der Waals surface area contributed by atoms with E-state index in [4.69, 9.17) is 15.3 Å².